The van der Waals surface area contributed by atoms with E-state index in [4.69, 9.17) is 4.74 Å². The van der Waals surface area contributed by atoms with Crippen LogP contribution in [0, 0.1) is 0 Å². The van der Waals surface area contributed by atoms with Crippen molar-refractivity contribution in [2.75, 3.05) is 40.3 Å². The van der Waals surface area contributed by atoms with Crippen LogP contribution in [0.15, 0.2) is 42.5 Å². The normalized spacial score (nSPS) is 21.0. The second kappa shape index (κ2) is 11.9. The summed E-state index contributed by atoms with van der Waals surface area (Å²) < 4.78 is 86.0. The van der Waals surface area contributed by atoms with E-state index < -0.39 is 41.0 Å². The number of nitrogens with zero attached hydrogens (tertiary/aromatic N) is 3. The number of hydrogen-bond donors (Lipinski definition) is 0. The fourth-order valence-electron chi connectivity index (χ4n) is 5.92. The number of carbonyl (C=O) groups is 2. The quantitative estimate of drug-likeness (QED) is 0.425. The highest BCUT2D eigenvalue weighted by atomic mass is 19.4. The van der Waals surface area contributed by atoms with Crippen LogP contribution in [0.5, 0.6) is 5.75 Å². The summed E-state index contributed by atoms with van der Waals surface area (Å²) in [4.78, 5) is 30.6. The highest BCUT2D eigenvalue weighted by Crippen LogP contribution is 2.38. The summed E-state index contributed by atoms with van der Waals surface area (Å²) in [5.41, 5.74) is -2.84. The molecular formula is C29H33F6N3O3. The Balaban J connectivity index is 1.63. The molecule has 12 heteroatoms. The Morgan fingerprint density at radius 1 is 0.878 bits per heavy atom. The molecule has 224 valence electrons. The van der Waals surface area contributed by atoms with E-state index in [0.29, 0.717) is 50.5 Å². The minimum Gasteiger partial charge on any atom is -0.497 e. The number of methoxy groups -OCH3 is 1. The lowest BCUT2D eigenvalue weighted by atomic mass is 9.83. The molecule has 0 saturated carbocycles. The Hall–Kier alpha value is -3.28. The van der Waals surface area contributed by atoms with Crippen LogP contribution in [0.3, 0.4) is 0 Å². The molecule has 2 aromatic carbocycles. The van der Waals surface area contributed by atoms with E-state index in [-0.39, 0.29) is 23.9 Å². The van der Waals surface area contributed by atoms with Crippen LogP contribution in [0.4, 0.5) is 26.3 Å². The van der Waals surface area contributed by atoms with Crippen LogP contribution in [0.25, 0.3) is 0 Å². The van der Waals surface area contributed by atoms with Crippen molar-refractivity contribution in [1.29, 1.82) is 0 Å². The first-order chi connectivity index (χ1) is 19.2. The van der Waals surface area contributed by atoms with Crippen molar-refractivity contribution in [1.82, 2.24) is 14.7 Å². The number of halogens is 6. The number of ether oxygens (including phenoxy) is 1. The van der Waals surface area contributed by atoms with Crippen molar-refractivity contribution in [3.05, 3.63) is 64.7 Å². The molecule has 2 aliphatic rings. The van der Waals surface area contributed by atoms with Crippen LogP contribution < -0.4 is 4.74 Å². The van der Waals surface area contributed by atoms with Gasteiger partial charge >= 0.3 is 12.4 Å². The molecule has 2 aromatic rings. The van der Waals surface area contributed by atoms with E-state index in [9.17, 15) is 35.9 Å². The molecule has 41 heavy (non-hydrogen) atoms. The number of rotatable bonds is 5. The van der Waals surface area contributed by atoms with E-state index in [1.165, 1.54) is 19.1 Å². The number of amides is 2. The fraction of sp³-hybridized carbons (Fsp3) is 0.517. The van der Waals surface area contributed by atoms with Crippen LogP contribution >= 0.6 is 0 Å². The van der Waals surface area contributed by atoms with E-state index in [1.54, 1.807) is 24.0 Å². The highest BCUT2D eigenvalue weighted by Gasteiger charge is 2.41. The van der Waals surface area contributed by atoms with Gasteiger partial charge in [0.1, 0.15) is 5.75 Å². The van der Waals surface area contributed by atoms with E-state index in [2.05, 4.69) is 4.90 Å². The van der Waals surface area contributed by atoms with Crippen molar-refractivity contribution < 1.29 is 40.7 Å². The van der Waals surface area contributed by atoms with Crippen LogP contribution in [-0.2, 0) is 17.1 Å². The van der Waals surface area contributed by atoms with Gasteiger partial charge in [0.15, 0.2) is 0 Å². The molecule has 2 fully saturated rings. The lowest BCUT2D eigenvalue weighted by molar-refractivity contribution is -0.143. The zero-order valence-corrected chi connectivity index (χ0v) is 23.1. The minimum absolute atomic E-state index is 0.0207. The van der Waals surface area contributed by atoms with Gasteiger partial charge in [0.25, 0.3) is 5.91 Å². The monoisotopic (exact) mass is 585 g/mol. The predicted octanol–water partition coefficient (Wildman–Crippen LogP) is 5.67. The molecule has 2 atom stereocenters. The van der Waals surface area contributed by atoms with Gasteiger partial charge in [-0.1, -0.05) is 12.1 Å². The van der Waals surface area contributed by atoms with E-state index in [1.807, 2.05) is 12.1 Å². The molecule has 2 amide bonds. The second-order valence-corrected chi connectivity index (χ2v) is 10.7. The molecule has 0 N–H and O–H groups in total. The summed E-state index contributed by atoms with van der Waals surface area (Å²) >= 11 is 0. The summed E-state index contributed by atoms with van der Waals surface area (Å²) in [6, 6.07) is 8.00. The molecule has 0 radical (unpaired) electrons. The zero-order valence-electron chi connectivity index (χ0n) is 23.1. The van der Waals surface area contributed by atoms with Crippen molar-refractivity contribution in [2.24, 2.45) is 0 Å². The molecule has 0 aromatic heterocycles. The Kier molecular flexibility index (Phi) is 8.91. The minimum atomic E-state index is -5.05. The van der Waals surface area contributed by atoms with Gasteiger partial charge in [-0.3, -0.25) is 14.5 Å². The van der Waals surface area contributed by atoms with Gasteiger partial charge in [-0.15, -0.1) is 0 Å². The summed E-state index contributed by atoms with van der Waals surface area (Å²) in [7, 11) is 2.96. The van der Waals surface area contributed by atoms with Crippen LogP contribution in [0.1, 0.15) is 59.2 Å². The first-order valence-corrected chi connectivity index (χ1v) is 13.4. The van der Waals surface area contributed by atoms with Crippen LogP contribution in [-0.4, -0.2) is 78.9 Å². The first-order valence-electron chi connectivity index (χ1n) is 13.4. The third-order valence-electron chi connectivity index (χ3n) is 8.23. The highest BCUT2D eigenvalue weighted by molar-refractivity contribution is 5.95. The maximum absolute atomic E-state index is 13.5. The summed E-state index contributed by atoms with van der Waals surface area (Å²) in [6.07, 6.45) is -8.05. The standard InChI is InChI=1S/C29H33F6N3O3/c1-18(39)37-11-8-23(9-12-37)38-13-10-26(25(17-38)19-4-6-24(41-3)7-5-19)36(2)27(40)20-14-21(28(30,31)32)16-22(15-20)29(33,34)35/h4-7,14-16,23,25-26H,8-13,17H2,1-3H3. The number of alkyl halides is 6. The molecular weight excluding hydrogens is 552 g/mol. The lowest BCUT2D eigenvalue weighted by Gasteiger charge is -2.47. The van der Waals surface area contributed by atoms with Crippen molar-refractivity contribution in [2.45, 2.75) is 56.5 Å². The number of likely N-dealkylation sites (N-methyl/N-ethyl adjacent to an activating group) is 1. The molecule has 0 bridgehead atoms. The number of benzene rings is 2. The molecule has 4 rings (SSSR count). The SMILES string of the molecule is COc1ccc(C2CN(C3CCN(C(C)=O)CC3)CCC2N(C)C(=O)c2cc(C(F)(F)F)cc(C(F)(F)F)c2)cc1. The molecule has 2 saturated heterocycles. The van der Waals surface area contributed by atoms with Gasteiger partial charge < -0.3 is 14.5 Å². The third kappa shape index (κ3) is 6.97. The Morgan fingerprint density at radius 3 is 1.93 bits per heavy atom. The number of piperidine rings is 2. The molecule has 2 heterocycles. The number of carbonyl (C=O) groups excluding carboxylic acids is 2. The Morgan fingerprint density at radius 2 is 1.44 bits per heavy atom. The Labute approximate surface area is 234 Å². The Bertz CT molecular complexity index is 1210. The smallest absolute Gasteiger partial charge is 0.416 e. The molecule has 0 aliphatic carbocycles. The number of likely N-dealkylation sites (tertiary alicyclic amines) is 2. The van der Waals surface area contributed by atoms with Crippen molar-refractivity contribution >= 4 is 11.8 Å². The third-order valence-corrected chi connectivity index (χ3v) is 8.23. The summed E-state index contributed by atoms with van der Waals surface area (Å²) in [5.74, 6) is -0.514. The molecule has 6 nitrogen and oxygen atoms in total. The van der Waals surface area contributed by atoms with Gasteiger partial charge in [-0.25, -0.2) is 0 Å². The van der Waals surface area contributed by atoms with E-state index in [0.717, 1.165) is 18.4 Å². The lowest BCUT2D eigenvalue weighted by Crippen LogP contribution is -2.55. The van der Waals surface area contributed by atoms with E-state index >= 15 is 0 Å². The van der Waals surface area contributed by atoms with Crippen LogP contribution in [0.2, 0.25) is 0 Å². The maximum Gasteiger partial charge on any atom is 0.416 e. The van der Waals surface area contributed by atoms with Gasteiger partial charge in [0.05, 0.1) is 18.2 Å². The average Bonchev–Trinajstić information content (AvgIpc) is 2.95. The summed E-state index contributed by atoms with van der Waals surface area (Å²) in [6.45, 7) is 3.96. The topological polar surface area (TPSA) is 53.1 Å². The molecule has 2 unspecified atom stereocenters. The largest absolute Gasteiger partial charge is 0.497 e. The van der Waals surface area contributed by atoms with Crippen molar-refractivity contribution in [3.8, 4) is 5.75 Å². The van der Waals surface area contributed by atoms with Gasteiger partial charge in [0.2, 0.25) is 5.91 Å². The van der Waals surface area contributed by atoms with Crippen molar-refractivity contribution in [3.63, 3.8) is 0 Å². The molecule has 0 spiro atoms. The molecule has 2 aliphatic heterocycles. The second-order valence-electron chi connectivity index (χ2n) is 10.7. The van der Waals surface area contributed by atoms with Gasteiger partial charge in [-0.2, -0.15) is 26.3 Å². The number of hydrogen-bond acceptors (Lipinski definition) is 4. The van der Waals surface area contributed by atoms with Gasteiger partial charge in [-0.05, 0) is 55.2 Å². The summed E-state index contributed by atoms with van der Waals surface area (Å²) in [5, 5.41) is 0. The average molecular weight is 586 g/mol. The first kappa shape index (κ1) is 30.7. The van der Waals surface area contributed by atoms with Gasteiger partial charge in [0, 0.05) is 63.7 Å². The zero-order chi connectivity index (χ0) is 30.1. The predicted molar refractivity (Wildman–Crippen MR) is 140 cm³/mol. The fourth-order valence-corrected chi connectivity index (χ4v) is 5.92. The maximum atomic E-state index is 13.5.